The Morgan fingerprint density at radius 1 is 1.05 bits per heavy atom. The second-order valence-electron chi connectivity index (χ2n) is 9.41. The van der Waals surface area contributed by atoms with Crippen molar-refractivity contribution in [1.82, 2.24) is 15.1 Å². The van der Waals surface area contributed by atoms with E-state index >= 15 is 4.39 Å². The zero-order valence-electron chi connectivity index (χ0n) is 21.6. The molecule has 0 bridgehead atoms. The van der Waals surface area contributed by atoms with E-state index < -0.39 is 16.9 Å². The Hall–Kier alpha value is -3.98. The predicted molar refractivity (Wildman–Crippen MR) is 150 cm³/mol. The van der Waals surface area contributed by atoms with E-state index in [-0.39, 0.29) is 30.2 Å². The molecule has 0 radical (unpaired) electrons. The highest BCUT2D eigenvalue weighted by molar-refractivity contribution is 8.00. The van der Waals surface area contributed by atoms with Crippen molar-refractivity contribution in [3.63, 3.8) is 0 Å². The predicted octanol–water partition coefficient (Wildman–Crippen LogP) is 5.90. The van der Waals surface area contributed by atoms with Crippen molar-refractivity contribution in [3.05, 3.63) is 102 Å². The molecule has 4 aromatic rings. The summed E-state index contributed by atoms with van der Waals surface area (Å²) in [6, 6.07) is 21.6. The highest BCUT2D eigenvalue weighted by atomic mass is 32.2. The van der Waals surface area contributed by atoms with E-state index in [1.165, 1.54) is 34.9 Å². The lowest BCUT2D eigenvalue weighted by atomic mass is 9.99. The number of nitrogens with one attached hydrogen (secondary N) is 1. The standard InChI is InChI=1S/C30H28F2N4O2S/c1-3-19(2)33-25(37)17-35-26(38)18-39-29(23-11-7-8-12-24(23)32)27-28(20-9-5-4-6-10-20)34-36(30(27)35)22-15-13-21(31)14-16-22/h4-16,19,29H,3,17-18H2,1-2H3,(H,33,37). The largest absolute Gasteiger partial charge is 0.352 e. The molecule has 2 heterocycles. The lowest BCUT2D eigenvalue weighted by molar-refractivity contribution is -0.123. The molecule has 3 aromatic carbocycles. The van der Waals surface area contributed by atoms with Crippen molar-refractivity contribution >= 4 is 29.4 Å². The minimum absolute atomic E-state index is 0.0297. The summed E-state index contributed by atoms with van der Waals surface area (Å²) in [5.41, 5.74) is 2.86. The van der Waals surface area contributed by atoms with Crippen LogP contribution >= 0.6 is 11.8 Å². The Balaban J connectivity index is 1.78. The number of amides is 2. The fourth-order valence-corrected chi connectivity index (χ4v) is 5.81. The molecule has 0 saturated carbocycles. The minimum atomic E-state index is -0.586. The van der Waals surface area contributed by atoms with Crippen LogP contribution in [0.1, 0.15) is 36.6 Å². The van der Waals surface area contributed by atoms with E-state index in [1.807, 2.05) is 44.2 Å². The molecule has 0 aliphatic carbocycles. The highest BCUT2D eigenvalue weighted by Crippen LogP contribution is 2.49. The second-order valence-corrected chi connectivity index (χ2v) is 10.5. The van der Waals surface area contributed by atoms with E-state index in [9.17, 15) is 14.0 Å². The van der Waals surface area contributed by atoms with Crippen LogP contribution in [0.3, 0.4) is 0 Å². The summed E-state index contributed by atoms with van der Waals surface area (Å²) in [7, 11) is 0. The second kappa shape index (κ2) is 11.4. The maximum atomic E-state index is 15.3. The van der Waals surface area contributed by atoms with Crippen LogP contribution in [0.2, 0.25) is 0 Å². The lowest BCUT2D eigenvalue weighted by Gasteiger charge is -2.24. The molecule has 2 atom stereocenters. The molecule has 39 heavy (non-hydrogen) atoms. The maximum Gasteiger partial charge on any atom is 0.240 e. The number of rotatable bonds is 7. The third-order valence-electron chi connectivity index (χ3n) is 6.72. The molecule has 0 fully saturated rings. The number of halogens is 2. The highest BCUT2D eigenvalue weighted by Gasteiger charge is 2.38. The van der Waals surface area contributed by atoms with E-state index in [0.29, 0.717) is 28.3 Å². The molecule has 9 heteroatoms. The summed E-state index contributed by atoms with van der Waals surface area (Å²) in [5, 5.41) is 7.25. The molecule has 5 rings (SSSR count). The zero-order chi connectivity index (χ0) is 27.5. The van der Waals surface area contributed by atoms with Crippen LogP contribution in [-0.2, 0) is 9.59 Å². The molecule has 200 valence electrons. The van der Waals surface area contributed by atoms with Gasteiger partial charge in [-0.05, 0) is 43.7 Å². The third-order valence-corrected chi connectivity index (χ3v) is 7.95. The first-order chi connectivity index (χ1) is 18.9. The van der Waals surface area contributed by atoms with Gasteiger partial charge < -0.3 is 5.32 Å². The van der Waals surface area contributed by atoms with Crippen LogP contribution < -0.4 is 10.2 Å². The van der Waals surface area contributed by atoms with Gasteiger partial charge in [0.15, 0.2) is 0 Å². The van der Waals surface area contributed by atoms with Gasteiger partial charge in [-0.25, -0.2) is 13.5 Å². The molecular formula is C30H28F2N4O2S. The smallest absolute Gasteiger partial charge is 0.240 e. The van der Waals surface area contributed by atoms with E-state index in [2.05, 4.69) is 5.32 Å². The van der Waals surface area contributed by atoms with Crippen molar-refractivity contribution in [1.29, 1.82) is 0 Å². The molecule has 0 spiro atoms. The number of hydrogen-bond acceptors (Lipinski definition) is 4. The van der Waals surface area contributed by atoms with Crippen LogP contribution in [0.25, 0.3) is 16.9 Å². The number of anilines is 1. The number of fused-ring (bicyclic) bond motifs is 1. The van der Waals surface area contributed by atoms with E-state index in [0.717, 1.165) is 12.0 Å². The summed E-state index contributed by atoms with van der Waals surface area (Å²) in [6.45, 7) is 3.63. The molecule has 6 nitrogen and oxygen atoms in total. The topological polar surface area (TPSA) is 67.2 Å². The van der Waals surface area contributed by atoms with Crippen molar-refractivity contribution in [3.8, 4) is 16.9 Å². The first-order valence-corrected chi connectivity index (χ1v) is 13.8. The maximum absolute atomic E-state index is 15.3. The minimum Gasteiger partial charge on any atom is -0.352 e. The first kappa shape index (κ1) is 26.6. The van der Waals surface area contributed by atoms with Gasteiger partial charge in [-0.1, -0.05) is 55.5 Å². The normalized spacial score (nSPS) is 15.9. The SMILES string of the molecule is CCC(C)NC(=O)CN1C(=O)CSC(c2ccccc2F)c2c(-c3ccccc3)nn(-c3ccc(F)cc3)c21. The molecule has 1 aliphatic rings. The van der Waals surface area contributed by atoms with Gasteiger partial charge in [0, 0.05) is 22.7 Å². The van der Waals surface area contributed by atoms with Gasteiger partial charge in [-0.3, -0.25) is 14.5 Å². The Bertz CT molecular complexity index is 1490. The molecule has 2 amide bonds. The van der Waals surface area contributed by atoms with Crippen LogP contribution in [0.5, 0.6) is 0 Å². The van der Waals surface area contributed by atoms with Crippen molar-refractivity contribution < 1.29 is 18.4 Å². The molecule has 1 aliphatic heterocycles. The number of benzene rings is 3. The molecule has 0 saturated heterocycles. The fourth-order valence-electron chi connectivity index (χ4n) is 4.59. The Morgan fingerprint density at radius 2 is 1.74 bits per heavy atom. The Labute approximate surface area is 230 Å². The third kappa shape index (κ3) is 5.45. The van der Waals surface area contributed by atoms with E-state index in [1.54, 1.807) is 35.0 Å². The number of aromatic nitrogens is 2. The van der Waals surface area contributed by atoms with Crippen LogP contribution in [0, 0.1) is 11.6 Å². The van der Waals surface area contributed by atoms with Crippen molar-refractivity contribution in [2.45, 2.75) is 31.6 Å². The van der Waals surface area contributed by atoms with Gasteiger partial charge in [0.25, 0.3) is 0 Å². The Morgan fingerprint density at radius 3 is 2.44 bits per heavy atom. The summed E-state index contributed by atoms with van der Waals surface area (Å²) in [4.78, 5) is 28.1. The molecular weight excluding hydrogens is 518 g/mol. The van der Waals surface area contributed by atoms with Gasteiger partial charge in [0.1, 0.15) is 24.0 Å². The molecule has 2 unspecified atom stereocenters. The summed E-state index contributed by atoms with van der Waals surface area (Å²) < 4.78 is 30.7. The van der Waals surface area contributed by atoms with Crippen LogP contribution in [-0.4, -0.2) is 39.9 Å². The monoisotopic (exact) mass is 546 g/mol. The number of carbonyl (C=O) groups excluding carboxylic acids is 2. The fraction of sp³-hybridized carbons (Fsp3) is 0.233. The molecule has 1 N–H and O–H groups in total. The quantitative estimate of drug-likeness (QED) is 0.313. The average Bonchev–Trinajstić information content (AvgIpc) is 3.27. The summed E-state index contributed by atoms with van der Waals surface area (Å²) in [6.07, 6.45) is 0.738. The van der Waals surface area contributed by atoms with Gasteiger partial charge in [0.2, 0.25) is 11.8 Å². The van der Waals surface area contributed by atoms with Crippen LogP contribution in [0.15, 0.2) is 78.9 Å². The molecule has 1 aromatic heterocycles. The van der Waals surface area contributed by atoms with Gasteiger partial charge in [-0.15, -0.1) is 11.8 Å². The number of carbonyl (C=O) groups is 2. The van der Waals surface area contributed by atoms with Gasteiger partial charge in [0.05, 0.1) is 22.4 Å². The number of thioether (sulfide) groups is 1. The van der Waals surface area contributed by atoms with Crippen molar-refractivity contribution in [2.24, 2.45) is 0 Å². The average molecular weight is 547 g/mol. The summed E-state index contributed by atoms with van der Waals surface area (Å²) in [5.74, 6) is -1.04. The zero-order valence-corrected chi connectivity index (χ0v) is 22.4. The lowest BCUT2D eigenvalue weighted by Crippen LogP contribution is -2.44. The van der Waals surface area contributed by atoms with Crippen molar-refractivity contribution in [2.75, 3.05) is 17.2 Å². The van der Waals surface area contributed by atoms with Crippen LogP contribution in [0.4, 0.5) is 14.6 Å². The Kier molecular flexibility index (Phi) is 7.79. The van der Waals surface area contributed by atoms with Gasteiger partial charge in [-0.2, -0.15) is 5.10 Å². The van der Waals surface area contributed by atoms with Gasteiger partial charge >= 0.3 is 0 Å². The first-order valence-electron chi connectivity index (χ1n) is 12.8. The van der Waals surface area contributed by atoms with E-state index in [4.69, 9.17) is 5.10 Å². The summed E-state index contributed by atoms with van der Waals surface area (Å²) >= 11 is 1.29. The number of nitrogens with zero attached hydrogens (tertiary/aromatic N) is 3. The number of hydrogen-bond donors (Lipinski definition) is 1.